The quantitative estimate of drug-likeness (QED) is 0.323. The standard InChI is InChI=1S/HIO4.Mg.2H/c2-1(3,4)5;;;/h2H;;;. The zero-order valence-electron chi connectivity index (χ0n) is 2.05. The maximum Gasteiger partial charge on any atom is 0.368 e. The molecule has 0 saturated heterocycles. The number of hydrogen-bond acceptors (Lipinski definition) is 4. The second-order valence-corrected chi connectivity index (χ2v) is 2.66. The molecule has 1 N–H and O–H groups in total. The summed E-state index contributed by atoms with van der Waals surface area (Å²) >= 11 is -5.69. The SMILES string of the molecule is [MgH2].[O-][I+3]([O-])([O-])O. The fraction of sp³-hybridized carbons (Fsp3) is 0. The van der Waals surface area contributed by atoms with Crippen molar-refractivity contribution in [2.75, 3.05) is 0 Å². The molecule has 0 radical (unpaired) electrons. The second kappa shape index (κ2) is 3.35. The Kier molecular flexibility index (Phi) is 5.78. The highest BCUT2D eigenvalue weighted by Gasteiger charge is 2.11. The van der Waals surface area contributed by atoms with E-state index in [1.54, 1.807) is 0 Å². The Bertz CT molecular complexity index is 23.0. The van der Waals surface area contributed by atoms with Crippen LogP contribution in [0.15, 0.2) is 0 Å². The van der Waals surface area contributed by atoms with Crippen LogP contribution in [0.2, 0.25) is 0 Å². The molecule has 0 saturated carbocycles. The molecule has 0 amide bonds. The largest absolute Gasteiger partial charge is 0.368 e. The smallest absolute Gasteiger partial charge is 0.256 e. The second-order valence-electron chi connectivity index (χ2n) is 0.396. The van der Waals surface area contributed by atoms with Crippen LogP contribution in [0.1, 0.15) is 0 Å². The van der Waals surface area contributed by atoms with E-state index < -0.39 is 20.1 Å². The topological polar surface area (TPSA) is 89.4 Å². The van der Waals surface area contributed by atoms with E-state index in [1.165, 1.54) is 0 Å². The summed E-state index contributed by atoms with van der Waals surface area (Å²) in [5.74, 6) is 0. The summed E-state index contributed by atoms with van der Waals surface area (Å²) in [5, 5.41) is 0. The highest BCUT2D eigenvalue weighted by atomic mass is 127. The molecular formula is H3IMgO4. The van der Waals surface area contributed by atoms with Crippen LogP contribution in [-0.4, -0.2) is 26.5 Å². The van der Waals surface area contributed by atoms with Gasteiger partial charge in [-0.2, -0.15) is 0 Å². The summed E-state index contributed by atoms with van der Waals surface area (Å²) in [5.41, 5.74) is 0. The van der Waals surface area contributed by atoms with Gasteiger partial charge >= 0.3 is 43.1 Å². The number of rotatable bonds is 0. The van der Waals surface area contributed by atoms with Gasteiger partial charge in [0.15, 0.2) is 0 Å². The predicted octanol–water partition coefficient (Wildman–Crippen LogP) is -8.04. The van der Waals surface area contributed by atoms with Crippen LogP contribution >= 0.6 is 0 Å². The lowest BCUT2D eigenvalue weighted by atomic mass is 16.0. The van der Waals surface area contributed by atoms with Crippen molar-refractivity contribution in [3.05, 3.63) is 0 Å². The average Bonchev–Trinajstić information content (AvgIpc) is 0.722. The zero-order chi connectivity index (χ0) is 4.50. The van der Waals surface area contributed by atoms with E-state index in [9.17, 15) is 0 Å². The first-order chi connectivity index (χ1) is 2.00. The third-order valence-corrected chi connectivity index (χ3v) is 0. The van der Waals surface area contributed by atoms with Crippen molar-refractivity contribution < 1.29 is 33.8 Å². The minimum Gasteiger partial charge on any atom is -0.256 e. The molecule has 4 nitrogen and oxygen atoms in total. The lowest BCUT2D eigenvalue weighted by Crippen LogP contribution is -4.23. The minimum absolute atomic E-state index is 0. The van der Waals surface area contributed by atoms with Gasteiger partial charge in [-0.3, -0.25) is 10.3 Å². The van der Waals surface area contributed by atoms with E-state index >= 15 is 0 Å². The Morgan fingerprint density at radius 3 is 1.17 bits per heavy atom. The maximum atomic E-state index is 8.73. The van der Waals surface area contributed by atoms with Crippen molar-refractivity contribution in [3.63, 3.8) is 0 Å². The van der Waals surface area contributed by atoms with Gasteiger partial charge in [-0.15, -0.1) is 0 Å². The summed E-state index contributed by atoms with van der Waals surface area (Å²) in [4.78, 5) is 0. The normalized spacial score (nSPS) is 10.0. The highest BCUT2D eigenvalue weighted by molar-refractivity contribution is 5.75. The van der Waals surface area contributed by atoms with E-state index in [4.69, 9.17) is 13.7 Å². The fourth-order valence-corrected chi connectivity index (χ4v) is 0. The summed E-state index contributed by atoms with van der Waals surface area (Å²) in [6.45, 7) is 0. The predicted molar refractivity (Wildman–Crippen MR) is 10.8 cm³/mol. The van der Waals surface area contributed by atoms with E-state index in [0.29, 0.717) is 0 Å². The summed E-state index contributed by atoms with van der Waals surface area (Å²) in [7, 11) is 0. The fourth-order valence-electron chi connectivity index (χ4n) is 0. The van der Waals surface area contributed by atoms with Crippen LogP contribution in [-0.2, 0) is 0 Å². The van der Waals surface area contributed by atoms with Crippen molar-refractivity contribution in [3.8, 4) is 0 Å². The van der Waals surface area contributed by atoms with Gasteiger partial charge in [-0.1, -0.05) is 0 Å². The molecule has 0 fully saturated rings. The zero-order valence-corrected chi connectivity index (χ0v) is 4.21. The first-order valence-corrected chi connectivity index (χ1v) is 4.24. The van der Waals surface area contributed by atoms with E-state index in [2.05, 4.69) is 0 Å². The third kappa shape index (κ3) is 56.2. The minimum atomic E-state index is -5.69. The van der Waals surface area contributed by atoms with Gasteiger partial charge in [0.1, 0.15) is 0 Å². The number of hydrogen-bond donors (Lipinski definition) is 1. The van der Waals surface area contributed by atoms with Crippen LogP contribution in [0.3, 0.4) is 0 Å². The monoisotopic (exact) mass is 218 g/mol. The number of halogens is 1. The molecule has 0 unspecified atom stereocenters. The van der Waals surface area contributed by atoms with Gasteiger partial charge in [0.2, 0.25) is 0 Å². The molecule has 0 bridgehead atoms. The van der Waals surface area contributed by atoms with Crippen LogP contribution < -0.4 is 30.4 Å². The van der Waals surface area contributed by atoms with Gasteiger partial charge in [0, 0.05) is 3.44 Å². The Balaban J connectivity index is 0. The first kappa shape index (κ1) is 10.3. The molecule has 0 aromatic heterocycles. The third-order valence-electron chi connectivity index (χ3n) is 0. The van der Waals surface area contributed by atoms with Gasteiger partial charge < -0.3 is 0 Å². The van der Waals surface area contributed by atoms with Crippen molar-refractivity contribution in [1.29, 1.82) is 0 Å². The van der Waals surface area contributed by atoms with E-state index in [0.717, 1.165) is 0 Å². The van der Waals surface area contributed by atoms with E-state index in [-0.39, 0.29) is 23.1 Å². The molecule has 0 aromatic carbocycles. The van der Waals surface area contributed by atoms with E-state index in [1.807, 2.05) is 0 Å². The summed E-state index contributed by atoms with van der Waals surface area (Å²) < 4.78 is 33.2. The van der Waals surface area contributed by atoms with Crippen molar-refractivity contribution in [2.45, 2.75) is 0 Å². The van der Waals surface area contributed by atoms with Crippen molar-refractivity contribution >= 4 is 23.1 Å². The Morgan fingerprint density at radius 2 is 1.17 bits per heavy atom. The lowest BCUT2D eigenvalue weighted by Gasteiger charge is -1.93. The van der Waals surface area contributed by atoms with Crippen LogP contribution in [0.5, 0.6) is 0 Å². The maximum absolute atomic E-state index is 8.73. The molecule has 0 aromatic rings. The molecule has 0 aliphatic carbocycles. The molecule has 0 heterocycles. The Morgan fingerprint density at radius 1 is 1.17 bits per heavy atom. The molecular weight excluding hydrogens is 215 g/mol. The van der Waals surface area contributed by atoms with Crippen LogP contribution in [0.25, 0.3) is 0 Å². The molecule has 0 rings (SSSR count). The Labute approximate surface area is 56.7 Å². The molecule has 36 valence electrons. The first-order valence-electron chi connectivity index (χ1n) is 0.632. The summed E-state index contributed by atoms with van der Waals surface area (Å²) in [6.07, 6.45) is 0. The van der Waals surface area contributed by atoms with Crippen LogP contribution in [0.4, 0.5) is 0 Å². The van der Waals surface area contributed by atoms with Gasteiger partial charge in [-0.05, 0) is 0 Å². The van der Waals surface area contributed by atoms with Gasteiger partial charge in [0.05, 0.1) is 0 Å². The van der Waals surface area contributed by atoms with Crippen molar-refractivity contribution in [2.24, 2.45) is 0 Å². The highest BCUT2D eigenvalue weighted by Crippen LogP contribution is 0.389. The van der Waals surface area contributed by atoms with Gasteiger partial charge in [-0.25, -0.2) is 0 Å². The molecule has 6 heteroatoms. The molecule has 0 spiro atoms. The molecule has 6 heavy (non-hydrogen) atoms. The lowest BCUT2D eigenvalue weighted by molar-refractivity contribution is -1.92. The molecule has 0 aliphatic rings. The molecule has 0 atom stereocenters. The van der Waals surface area contributed by atoms with Gasteiger partial charge in [0.25, 0.3) is 0 Å². The summed E-state index contributed by atoms with van der Waals surface area (Å²) in [6, 6.07) is 0. The van der Waals surface area contributed by atoms with Crippen LogP contribution in [0, 0.1) is 0 Å². The Hall–Kier alpha value is 1.34. The molecule has 0 aliphatic heterocycles. The average molecular weight is 218 g/mol. The van der Waals surface area contributed by atoms with Crippen molar-refractivity contribution in [1.82, 2.24) is 0 Å².